The van der Waals surface area contributed by atoms with Gasteiger partial charge in [-0.05, 0) is 6.42 Å². The Morgan fingerprint density at radius 3 is 2.29 bits per heavy atom. The summed E-state index contributed by atoms with van der Waals surface area (Å²) in [6, 6.07) is 1.48. The fourth-order valence-corrected chi connectivity index (χ4v) is 2.58. The maximum atomic E-state index is 11.9. The Kier molecular flexibility index (Phi) is 4.50. The molecule has 0 radical (unpaired) electrons. The van der Waals surface area contributed by atoms with Gasteiger partial charge in [0.05, 0.1) is 0 Å². The van der Waals surface area contributed by atoms with E-state index in [4.69, 9.17) is 0 Å². The largest absolute Gasteiger partial charge is 0.354 e. The molecular weight excluding hydrogens is 272 g/mol. The van der Waals surface area contributed by atoms with Gasteiger partial charge >= 0.3 is 5.69 Å². The van der Waals surface area contributed by atoms with E-state index in [9.17, 15) is 14.4 Å². The fraction of sp³-hybridized carbons (Fsp3) is 0.643. The molecule has 0 spiro atoms. The summed E-state index contributed by atoms with van der Waals surface area (Å²) in [6.45, 7) is 4.51. The van der Waals surface area contributed by atoms with Crippen LogP contribution in [0.1, 0.15) is 19.8 Å². The van der Waals surface area contributed by atoms with Gasteiger partial charge in [0.1, 0.15) is 5.82 Å². The number of carbonyl (C=O) groups excluding carboxylic acids is 1. The number of aromatic nitrogens is 2. The monoisotopic (exact) mass is 294 g/mol. The lowest BCUT2D eigenvalue weighted by Gasteiger charge is -2.36. The van der Waals surface area contributed by atoms with Crippen LogP contribution >= 0.6 is 0 Å². The van der Waals surface area contributed by atoms with Crippen LogP contribution in [0.4, 0.5) is 5.82 Å². The standard InChI is InChI=1S/C14H22N4O3/c1-4-5-12(19)18-8-6-17(7-9-18)11-10-13(20)16(3)14(21)15(11)2/h10H,4-9H2,1-3H3. The molecule has 0 N–H and O–H groups in total. The zero-order chi connectivity index (χ0) is 15.6. The van der Waals surface area contributed by atoms with Crippen molar-refractivity contribution in [1.82, 2.24) is 14.0 Å². The number of piperazine rings is 1. The molecule has 1 aromatic heterocycles. The van der Waals surface area contributed by atoms with E-state index in [0.717, 1.165) is 11.0 Å². The van der Waals surface area contributed by atoms with Crippen molar-refractivity contribution in [2.75, 3.05) is 31.1 Å². The summed E-state index contributed by atoms with van der Waals surface area (Å²) in [5.41, 5.74) is -0.639. The van der Waals surface area contributed by atoms with Crippen LogP contribution < -0.4 is 16.1 Å². The Morgan fingerprint density at radius 1 is 1.10 bits per heavy atom. The van der Waals surface area contributed by atoms with Crippen LogP contribution in [0.5, 0.6) is 0 Å². The molecule has 1 fully saturated rings. The van der Waals surface area contributed by atoms with Crippen molar-refractivity contribution >= 4 is 11.7 Å². The number of carbonyl (C=O) groups is 1. The summed E-state index contributed by atoms with van der Waals surface area (Å²) in [7, 11) is 3.13. The highest BCUT2D eigenvalue weighted by Gasteiger charge is 2.22. The highest BCUT2D eigenvalue weighted by atomic mass is 16.2. The predicted molar refractivity (Wildman–Crippen MR) is 80.6 cm³/mol. The second-order valence-electron chi connectivity index (χ2n) is 5.36. The molecular formula is C14H22N4O3. The lowest BCUT2D eigenvalue weighted by molar-refractivity contribution is -0.131. The third-order valence-corrected chi connectivity index (χ3v) is 3.92. The Morgan fingerprint density at radius 2 is 1.71 bits per heavy atom. The molecule has 0 bridgehead atoms. The number of rotatable bonds is 3. The maximum absolute atomic E-state index is 11.9. The van der Waals surface area contributed by atoms with Gasteiger partial charge in [0.2, 0.25) is 5.91 Å². The highest BCUT2D eigenvalue weighted by molar-refractivity contribution is 5.76. The molecule has 0 atom stereocenters. The molecule has 21 heavy (non-hydrogen) atoms. The van der Waals surface area contributed by atoms with Crippen LogP contribution in [0.3, 0.4) is 0 Å². The molecule has 1 aliphatic heterocycles. The Balaban J connectivity index is 2.15. The van der Waals surface area contributed by atoms with Gasteiger partial charge in [0.15, 0.2) is 0 Å². The lowest BCUT2D eigenvalue weighted by atomic mass is 10.2. The Labute approximate surface area is 123 Å². The zero-order valence-electron chi connectivity index (χ0n) is 12.8. The molecule has 0 aliphatic carbocycles. The molecule has 116 valence electrons. The zero-order valence-corrected chi connectivity index (χ0v) is 12.8. The van der Waals surface area contributed by atoms with E-state index >= 15 is 0 Å². The number of nitrogens with zero attached hydrogens (tertiary/aromatic N) is 4. The average molecular weight is 294 g/mol. The van der Waals surface area contributed by atoms with Gasteiger partial charge in [0.25, 0.3) is 5.56 Å². The Bertz CT molecular complexity index is 639. The van der Waals surface area contributed by atoms with Crippen LogP contribution in [-0.2, 0) is 18.9 Å². The van der Waals surface area contributed by atoms with E-state index in [2.05, 4.69) is 0 Å². The first-order chi connectivity index (χ1) is 9.95. The fourth-order valence-electron chi connectivity index (χ4n) is 2.58. The van der Waals surface area contributed by atoms with Crippen molar-refractivity contribution in [3.05, 3.63) is 26.9 Å². The second-order valence-corrected chi connectivity index (χ2v) is 5.36. The molecule has 1 aliphatic rings. The van der Waals surface area contributed by atoms with Crippen molar-refractivity contribution in [3.63, 3.8) is 0 Å². The van der Waals surface area contributed by atoms with E-state index in [1.54, 1.807) is 7.05 Å². The smallest absolute Gasteiger partial charge is 0.332 e. The minimum absolute atomic E-state index is 0.176. The SMILES string of the molecule is CCCC(=O)N1CCN(c2cc(=O)n(C)c(=O)n2C)CC1. The Hall–Kier alpha value is -2.05. The highest BCUT2D eigenvalue weighted by Crippen LogP contribution is 2.13. The van der Waals surface area contributed by atoms with Crippen LogP contribution in [0.25, 0.3) is 0 Å². The summed E-state index contributed by atoms with van der Waals surface area (Å²) >= 11 is 0. The summed E-state index contributed by atoms with van der Waals surface area (Å²) in [5, 5.41) is 0. The molecule has 1 saturated heterocycles. The summed E-state index contributed by atoms with van der Waals surface area (Å²) < 4.78 is 2.56. The molecule has 0 aromatic carbocycles. The summed E-state index contributed by atoms with van der Waals surface area (Å²) in [5.74, 6) is 0.792. The first-order valence-corrected chi connectivity index (χ1v) is 7.25. The van der Waals surface area contributed by atoms with Crippen molar-refractivity contribution in [2.45, 2.75) is 19.8 Å². The number of hydrogen-bond acceptors (Lipinski definition) is 4. The topological polar surface area (TPSA) is 67.6 Å². The van der Waals surface area contributed by atoms with Crippen molar-refractivity contribution in [2.24, 2.45) is 14.1 Å². The summed E-state index contributed by atoms with van der Waals surface area (Å²) in [4.78, 5) is 39.4. The van der Waals surface area contributed by atoms with E-state index < -0.39 is 0 Å². The number of amides is 1. The maximum Gasteiger partial charge on any atom is 0.332 e. The van der Waals surface area contributed by atoms with E-state index in [-0.39, 0.29) is 17.2 Å². The van der Waals surface area contributed by atoms with E-state index in [1.807, 2.05) is 16.7 Å². The molecule has 0 unspecified atom stereocenters. The van der Waals surface area contributed by atoms with E-state index in [0.29, 0.717) is 38.4 Å². The average Bonchev–Trinajstić information content (AvgIpc) is 2.49. The molecule has 7 heteroatoms. The first kappa shape index (κ1) is 15.3. The third kappa shape index (κ3) is 3.01. The minimum atomic E-state index is -0.331. The van der Waals surface area contributed by atoms with Crippen LogP contribution in [-0.4, -0.2) is 46.1 Å². The lowest BCUT2D eigenvalue weighted by Crippen LogP contribution is -2.51. The van der Waals surface area contributed by atoms with Gasteiger partial charge in [0, 0.05) is 52.8 Å². The number of hydrogen-bond donors (Lipinski definition) is 0. The summed E-state index contributed by atoms with van der Waals surface area (Å²) in [6.07, 6.45) is 1.42. The van der Waals surface area contributed by atoms with E-state index in [1.165, 1.54) is 17.7 Å². The van der Waals surface area contributed by atoms with Gasteiger partial charge in [-0.3, -0.25) is 18.7 Å². The van der Waals surface area contributed by atoms with Gasteiger partial charge < -0.3 is 9.80 Å². The van der Waals surface area contributed by atoms with Crippen LogP contribution in [0, 0.1) is 0 Å². The third-order valence-electron chi connectivity index (χ3n) is 3.92. The minimum Gasteiger partial charge on any atom is -0.354 e. The molecule has 2 heterocycles. The van der Waals surface area contributed by atoms with Gasteiger partial charge in [-0.2, -0.15) is 0 Å². The second kappa shape index (κ2) is 6.15. The molecule has 7 nitrogen and oxygen atoms in total. The van der Waals surface area contributed by atoms with Crippen molar-refractivity contribution < 1.29 is 4.79 Å². The van der Waals surface area contributed by atoms with Gasteiger partial charge in [-0.1, -0.05) is 6.92 Å². The normalized spacial score (nSPS) is 15.4. The van der Waals surface area contributed by atoms with Gasteiger partial charge in [-0.15, -0.1) is 0 Å². The molecule has 1 amide bonds. The first-order valence-electron chi connectivity index (χ1n) is 7.25. The molecule has 1 aromatic rings. The van der Waals surface area contributed by atoms with Gasteiger partial charge in [-0.25, -0.2) is 4.79 Å². The predicted octanol–water partition coefficient (Wildman–Crippen LogP) is -0.467. The number of anilines is 1. The van der Waals surface area contributed by atoms with Crippen molar-refractivity contribution in [3.8, 4) is 0 Å². The molecule has 0 saturated carbocycles. The van der Waals surface area contributed by atoms with Crippen LogP contribution in [0.2, 0.25) is 0 Å². The molecule has 2 rings (SSSR count). The van der Waals surface area contributed by atoms with Crippen molar-refractivity contribution in [1.29, 1.82) is 0 Å². The quantitative estimate of drug-likeness (QED) is 0.756. The van der Waals surface area contributed by atoms with Crippen LogP contribution in [0.15, 0.2) is 15.7 Å².